The molecule has 0 bridgehead atoms. The minimum atomic E-state index is -0.917. The number of aromatic nitrogens is 4. The number of benzene rings is 2. The van der Waals surface area contributed by atoms with E-state index < -0.39 is 11.4 Å². The SMILES string of the molecule is Cn1cnc(C2CC3CC(O)(c4cc(C5CC(OCc6ccccc6)C5)nn4C)CC3C2)c1C(=O)Nc1ccc(F)c(Cl)c1. The Hall–Kier alpha value is -3.53. The Bertz CT molecular complexity index is 1670. The highest BCUT2D eigenvalue weighted by Gasteiger charge is 2.52. The molecule has 0 radical (unpaired) electrons. The first kappa shape index (κ1) is 29.2. The molecule has 10 heteroatoms. The molecule has 2 aromatic carbocycles. The fraction of sp³-hybridized carbons (Fsp3) is 0.441. The lowest BCUT2D eigenvalue weighted by atomic mass is 9.79. The third kappa shape index (κ3) is 5.46. The van der Waals surface area contributed by atoms with Crippen LogP contribution in [0.2, 0.25) is 5.02 Å². The summed E-state index contributed by atoms with van der Waals surface area (Å²) in [5.41, 5.74) is 3.89. The van der Waals surface area contributed by atoms with Gasteiger partial charge >= 0.3 is 0 Å². The van der Waals surface area contributed by atoms with Crippen molar-refractivity contribution in [3.05, 3.63) is 100 Å². The fourth-order valence-corrected chi connectivity index (χ4v) is 7.92. The average Bonchev–Trinajstić information content (AvgIpc) is 3.72. The maximum absolute atomic E-state index is 13.6. The lowest BCUT2D eigenvalue weighted by molar-refractivity contribution is -0.0215. The maximum atomic E-state index is 13.6. The molecule has 4 aromatic rings. The first-order chi connectivity index (χ1) is 21.2. The second kappa shape index (κ2) is 11.4. The molecule has 3 fully saturated rings. The number of aryl methyl sites for hydroxylation is 2. The fourth-order valence-electron chi connectivity index (χ4n) is 7.74. The largest absolute Gasteiger partial charge is 0.384 e. The van der Waals surface area contributed by atoms with Crippen LogP contribution in [0.1, 0.15) is 83.5 Å². The summed E-state index contributed by atoms with van der Waals surface area (Å²) in [6.45, 7) is 0.628. The van der Waals surface area contributed by atoms with Crippen molar-refractivity contribution < 1.29 is 19.0 Å². The lowest BCUT2D eigenvalue weighted by Gasteiger charge is -2.34. The molecule has 2 unspecified atom stereocenters. The molecular weight excluding hydrogens is 581 g/mol. The van der Waals surface area contributed by atoms with Crippen LogP contribution in [0.25, 0.3) is 0 Å². The van der Waals surface area contributed by atoms with E-state index in [1.165, 1.54) is 23.8 Å². The normalized spacial score (nSPS) is 27.7. The molecular formula is C34H37ClFN5O3. The molecule has 3 aliphatic carbocycles. The monoisotopic (exact) mass is 617 g/mol. The zero-order valence-electron chi connectivity index (χ0n) is 24.9. The van der Waals surface area contributed by atoms with Gasteiger partial charge in [0.15, 0.2) is 0 Å². The van der Waals surface area contributed by atoms with Crippen LogP contribution in [0.15, 0.2) is 60.9 Å². The van der Waals surface area contributed by atoms with E-state index in [4.69, 9.17) is 21.4 Å². The van der Waals surface area contributed by atoms with E-state index in [9.17, 15) is 14.3 Å². The van der Waals surface area contributed by atoms with Crippen molar-refractivity contribution in [2.24, 2.45) is 25.9 Å². The van der Waals surface area contributed by atoms with Gasteiger partial charge in [-0.05, 0) is 80.2 Å². The van der Waals surface area contributed by atoms with Gasteiger partial charge < -0.3 is 19.7 Å². The van der Waals surface area contributed by atoms with Crippen molar-refractivity contribution in [3.63, 3.8) is 0 Å². The molecule has 230 valence electrons. The average molecular weight is 618 g/mol. The van der Waals surface area contributed by atoms with Crippen molar-refractivity contribution in [1.29, 1.82) is 0 Å². The maximum Gasteiger partial charge on any atom is 0.274 e. The zero-order chi connectivity index (χ0) is 30.6. The highest BCUT2D eigenvalue weighted by Crippen LogP contribution is 2.57. The highest BCUT2D eigenvalue weighted by atomic mass is 35.5. The Balaban J connectivity index is 0.978. The third-order valence-electron chi connectivity index (χ3n) is 10.0. The molecule has 1 amide bonds. The zero-order valence-corrected chi connectivity index (χ0v) is 25.7. The second-order valence-corrected chi connectivity index (χ2v) is 13.4. The van der Waals surface area contributed by atoms with E-state index in [2.05, 4.69) is 28.5 Å². The Morgan fingerprint density at radius 1 is 1.07 bits per heavy atom. The molecule has 2 atom stereocenters. The van der Waals surface area contributed by atoms with Crippen LogP contribution < -0.4 is 5.32 Å². The Morgan fingerprint density at radius 2 is 1.80 bits per heavy atom. The van der Waals surface area contributed by atoms with Gasteiger partial charge in [0, 0.05) is 31.6 Å². The summed E-state index contributed by atoms with van der Waals surface area (Å²) in [5, 5.41) is 19.5. The summed E-state index contributed by atoms with van der Waals surface area (Å²) >= 11 is 5.91. The lowest BCUT2D eigenvalue weighted by Crippen LogP contribution is -2.30. The van der Waals surface area contributed by atoms with Crippen molar-refractivity contribution in [2.75, 3.05) is 5.32 Å². The molecule has 2 aromatic heterocycles. The minimum absolute atomic E-state index is 0.0468. The van der Waals surface area contributed by atoms with Gasteiger partial charge in [-0.3, -0.25) is 9.48 Å². The molecule has 2 heterocycles. The first-order valence-corrected chi connectivity index (χ1v) is 15.7. The minimum Gasteiger partial charge on any atom is -0.384 e. The number of nitrogens with one attached hydrogen (secondary N) is 1. The van der Waals surface area contributed by atoms with Crippen LogP contribution in [0.5, 0.6) is 0 Å². The summed E-state index contributed by atoms with van der Waals surface area (Å²) in [7, 11) is 3.74. The topological polar surface area (TPSA) is 94.2 Å². The summed E-state index contributed by atoms with van der Waals surface area (Å²) in [6.07, 6.45) is 6.86. The van der Waals surface area contributed by atoms with Crippen LogP contribution in [-0.2, 0) is 31.0 Å². The second-order valence-electron chi connectivity index (χ2n) is 13.0. The van der Waals surface area contributed by atoms with Crippen LogP contribution in [0.3, 0.4) is 0 Å². The number of nitrogens with zero attached hydrogens (tertiary/aromatic N) is 4. The van der Waals surface area contributed by atoms with E-state index in [0.29, 0.717) is 48.6 Å². The third-order valence-corrected chi connectivity index (χ3v) is 10.3. The number of ether oxygens (including phenoxy) is 1. The summed E-state index contributed by atoms with van der Waals surface area (Å²) in [6, 6.07) is 16.5. The molecule has 0 saturated heterocycles. The van der Waals surface area contributed by atoms with Crippen molar-refractivity contribution in [1.82, 2.24) is 19.3 Å². The van der Waals surface area contributed by atoms with Crippen LogP contribution in [0, 0.1) is 17.7 Å². The Labute approximate surface area is 261 Å². The van der Waals surface area contributed by atoms with Gasteiger partial charge in [0.1, 0.15) is 17.1 Å². The highest BCUT2D eigenvalue weighted by molar-refractivity contribution is 6.31. The van der Waals surface area contributed by atoms with E-state index in [1.807, 2.05) is 29.9 Å². The van der Waals surface area contributed by atoms with Gasteiger partial charge in [-0.2, -0.15) is 5.10 Å². The van der Waals surface area contributed by atoms with Crippen molar-refractivity contribution >= 4 is 23.2 Å². The van der Waals surface area contributed by atoms with Gasteiger partial charge in [0.2, 0.25) is 0 Å². The number of carbonyl (C=O) groups is 1. The van der Waals surface area contributed by atoms with Crippen LogP contribution in [0.4, 0.5) is 10.1 Å². The van der Waals surface area contributed by atoms with Crippen LogP contribution >= 0.6 is 11.6 Å². The van der Waals surface area contributed by atoms with Gasteiger partial charge in [0.05, 0.1) is 41.1 Å². The summed E-state index contributed by atoms with van der Waals surface area (Å²) < 4.78 is 23.3. The van der Waals surface area contributed by atoms with E-state index >= 15 is 0 Å². The Kier molecular flexibility index (Phi) is 7.59. The number of imidazole rings is 1. The molecule has 0 spiro atoms. The van der Waals surface area contributed by atoms with Gasteiger partial charge in [-0.1, -0.05) is 41.9 Å². The number of carbonyl (C=O) groups excluding carboxylic acids is 1. The summed E-state index contributed by atoms with van der Waals surface area (Å²) in [5.74, 6) is 0.296. The number of hydrogen-bond acceptors (Lipinski definition) is 5. The molecule has 3 aliphatic rings. The quantitative estimate of drug-likeness (QED) is 0.237. The van der Waals surface area contributed by atoms with Gasteiger partial charge in [-0.15, -0.1) is 0 Å². The van der Waals surface area contributed by atoms with Crippen molar-refractivity contribution in [3.8, 4) is 0 Å². The van der Waals surface area contributed by atoms with E-state index in [0.717, 1.165) is 42.8 Å². The molecule has 2 N–H and O–H groups in total. The smallest absolute Gasteiger partial charge is 0.274 e. The number of rotatable bonds is 8. The Morgan fingerprint density at radius 3 is 2.50 bits per heavy atom. The van der Waals surface area contributed by atoms with E-state index in [-0.39, 0.29) is 23.0 Å². The number of aliphatic hydroxyl groups is 1. The van der Waals surface area contributed by atoms with Crippen LogP contribution in [-0.4, -0.2) is 36.4 Å². The number of amides is 1. The molecule has 44 heavy (non-hydrogen) atoms. The molecule has 0 aliphatic heterocycles. The van der Waals surface area contributed by atoms with Gasteiger partial charge in [-0.25, -0.2) is 9.37 Å². The number of fused-ring (bicyclic) bond motifs is 1. The standard InChI is InChI=1S/C34H37ClFN5O3/c1-40-19-37-31(32(40)33(42)38-25-8-9-28(36)27(35)14-25)22-10-23-16-34(43,17-24(23)11-22)30-15-29(39-41(30)2)21-12-26(13-21)44-18-20-6-4-3-5-7-20/h3-9,14-15,19,21-24,26,43H,10-13,16-18H2,1-2H3,(H,38,42). The van der Waals surface area contributed by atoms with E-state index in [1.54, 1.807) is 17.9 Å². The number of hydrogen-bond donors (Lipinski definition) is 2. The predicted molar refractivity (Wildman–Crippen MR) is 165 cm³/mol. The molecule has 8 nitrogen and oxygen atoms in total. The molecule has 3 saturated carbocycles. The first-order valence-electron chi connectivity index (χ1n) is 15.4. The molecule has 7 rings (SSSR count). The summed E-state index contributed by atoms with van der Waals surface area (Å²) in [4.78, 5) is 17.9. The number of halogens is 2. The van der Waals surface area contributed by atoms with Gasteiger partial charge in [0.25, 0.3) is 5.91 Å². The predicted octanol–water partition coefficient (Wildman–Crippen LogP) is 6.45. The number of anilines is 1. The van der Waals surface area contributed by atoms with Crippen molar-refractivity contribution in [2.45, 2.75) is 68.7 Å².